The van der Waals surface area contributed by atoms with Crippen molar-refractivity contribution in [1.82, 2.24) is 0 Å². The third kappa shape index (κ3) is 46.5. The molecule has 1 atom stereocenters. The zero-order valence-electron chi connectivity index (χ0n) is 37.9. The van der Waals surface area contributed by atoms with Gasteiger partial charge in [-0.25, -0.2) is 0 Å². The molecule has 1 heterocycles. The number of hydrogen-bond acceptors (Lipinski definition) is 15. The topological polar surface area (TPSA) is 146 Å². The summed E-state index contributed by atoms with van der Waals surface area (Å²) >= 11 is 0. The highest BCUT2D eigenvalue weighted by atomic mass is 16.7. The van der Waals surface area contributed by atoms with Gasteiger partial charge in [-0.05, 0) is 25.7 Å². The minimum atomic E-state index is -0.133. The molecular weight excluding hydrogens is 780 g/mol. The molecule has 15 heteroatoms. The lowest BCUT2D eigenvalue weighted by molar-refractivity contribution is -0.169. The number of unbranched alkanes of at least 4 members (excludes halogenated alkanes) is 12. The van der Waals surface area contributed by atoms with E-state index in [1.807, 2.05) is 0 Å². The van der Waals surface area contributed by atoms with Crippen LogP contribution in [0.15, 0.2) is 0 Å². The Morgan fingerprint density at radius 2 is 0.683 bits per heavy atom. The maximum atomic E-state index is 11.9. The predicted octanol–water partition coefficient (Wildman–Crippen LogP) is 6.74. The third-order valence-electron chi connectivity index (χ3n) is 9.36. The molecule has 1 fully saturated rings. The van der Waals surface area contributed by atoms with Crippen LogP contribution in [0.25, 0.3) is 0 Å². The first-order valence-electron chi connectivity index (χ1n) is 23.6. The Kier molecular flexibility index (Phi) is 48.0. The van der Waals surface area contributed by atoms with E-state index in [0.29, 0.717) is 158 Å². The molecule has 1 aliphatic rings. The predicted molar refractivity (Wildman–Crippen MR) is 230 cm³/mol. The second-order valence-electron chi connectivity index (χ2n) is 14.6. The molecule has 15 nitrogen and oxygen atoms in total. The fraction of sp³-hybridized carbons (Fsp3) is 0.978. The van der Waals surface area contributed by atoms with E-state index in [4.69, 9.17) is 66.3 Å². The van der Waals surface area contributed by atoms with Crippen molar-refractivity contribution >= 4 is 5.97 Å². The van der Waals surface area contributed by atoms with Gasteiger partial charge in [0.05, 0.1) is 152 Å². The minimum Gasteiger partial charge on any atom is -0.463 e. The molecule has 0 N–H and O–H groups in total. The lowest BCUT2D eigenvalue weighted by Gasteiger charge is -2.22. The molecular formula is C45H88O15. The average Bonchev–Trinajstić information content (AvgIpc) is 3.26. The second kappa shape index (κ2) is 50.6. The maximum Gasteiger partial charge on any atom is 0.305 e. The summed E-state index contributed by atoms with van der Waals surface area (Å²) in [6, 6.07) is 0. The molecule has 0 spiro atoms. The molecule has 0 radical (unpaired) electrons. The fourth-order valence-corrected chi connectivity index (χ4v) is 5.96. The summed E-state index contributed by atoms with van der Waals surface area (Å²) in [5, 5.41) is 0. The van der Waals surface area contributed by atoms with Gasteiger partial charge in [0.25, 0.3) is 0 Å². The zero-order chi connectivity index (χ0) is 42.8. The highest BCUT2D eigenvalue weighted by Gasteiger charge is 2.13. The van der Waals surface area contributed by atoms with Gasteiger partial charge in [0.15, 0.2) is 6.29 Å². The van der Waals surface area contributed by atoms with E-state index >= 15 is 0 Å². The summed E-state index contributed by atoms with van der Waals surface area (Å²) in [6.45, 7) is 14.8. The average molecular weight is 869 g/mol. The Balaban J connectivity index is 1.61. The molecule has 0 aromatic carbocycles. The van der Waals surface area contributed by atoms with Crippen LogP contribution < -0.4 is 0 Å². The molecule has 1 saturated heterocycles. The van der Waals surface area contributed by atoms with Gasteiger partial charge in [-0.3, -0.25) is 4.79 Å². The number of carbonyl (C=O) groups excluding carboxylic acids is 1. The molecule has 0 amide bonds. The lowest BCUT2D eigenvalue weighted by Crippen LogP contribution is -2.24. The first-order valence-corrected chi connectivity index (χ1v) is 23.6. The lowest BCUT2D eigenvalue weighted by atomic mass is 10.0. The molecule has 60 heavy (non-hydrogen) atoms. The van der Waals surface area contributed by atoms with Crippen molar-refractivity contribution in [2.24, 2.45) is 0 Å². The first kappa shape index (κ1) is 57.0. The highest BCUT2D eigenvalue weighted by molar-refractivity contribution is 5.69. The Labute approximate surface area is 364 Å². The largest absolute Gasteiger partial charge is 0.463 e. The standard InChI is InChI=1S/C45H88O15/c1-2-3-4-5-6-7-8-9-10-11-12-13-14-17-44(46)58-42-40-56-38-36-54-34-32-52-30-28-50-26-24-48-22-20-47-21-23-49-25-27-51-29-31-53-33-35-55-37-39-57-41-43-60-45-18-15-16-19-59-45/h45H,2-43H2,1H3. The van der Waals surface area contributed by atoms with Gasteiger partial charge in [0.2, 0.25) is 0 Å². The highest BCUT2D eigenvalue weighted by Crippen LogP contribution is 2.14. The molecule has 1 rings (SSSR count). The second-order valence-corrected chi connectivity index (χ2v) is 14.6. The van der Waals surface area contributed by atoms with Crippen LogP contribution in [-0.2, 0) is 71.1 Å². The van der Waals surface area contributed by atoms with Crippen molar-refractivity contribution in [3.8, 4) is 0 Å². The van der Waals surface area contributed by atoms with Crippen molar-refractivity contribution in [2.75, 3.05) is 165 Å². The summed E-state index contributed by atoms with van der Waals surface area (Å²) in [7, 11) is 0. The summed E-state index contributed by atoms with van der Waals surface area (Å²) in [4.78, 5) is 11.9. The van der Waals surface area contributed by atoms with E-state index in [1.165, 1.54) is 70.6 Å². The smallest absolute Gasteiger partial charge is 0.305 e. The Bertz CT molecular complexity index is 822. The van der Waals surface area contributed by atoms with Gasteiger partial charge < -0.3 is 66.3 Å². The van der Waals surface area contributed by atoms with Gasteiger partial charge in [-0.2, -0.15) is 0 Å². The molecule has 0 aromatic heterocycles. The van der Waals surface area contributed by atoms with Gasteiger partial charge in [0, 0.05) is 13.0 Å². The maximum absolute atomic E-state index is 11.9. The molecule has 358 valence electrons. The van der Waals surface area contributed by atoms with Crippen molar-refractivity contribution in [1.29, 1.82) is 0 Å². The van der Waals surface area contributed by atoms with Crippen LogP contribution in [0.5, 0.6) is 0 Å². The Hall–Kier alpha value is -1.05. The van der Waals surface area contributed by atoms with E-state index in [9.17, 15) is 4.79 Å². The number of esters is 1. The Morgan fingerprint density at radius 3 is 1.00 bits per heavy atom. The normalized spacial score (nSPS) is 14.3. The van der Waals surface area contributed by atoms with Crippen LogP contribution in [0.1, 0.15) is 116 Å². The summed E-state index contributed by atoms with van der Waals surface area (Å²) in [5.41, 5.74) is 0. The van der Waals surface area contributed by atoms with Crippen LogP contribution in [-0.4, -0.2) is 177 Å². The molecule has 0 aliphatic carbocycles. The van der Waals surface area contributed by atoms with Gasteiger partial charge in [0.1, 0.15) is 6.61 Å². The monoisotopic (exact) mass is 869 g/mol. The number of rotatable bonds is 51. The van der Waals surface area contributed by atoms with E-state index in [1.54, 1.807) is 0 Å². The van der Waals surface area contributed by atoms with E-state index in [2.05, 4.69) is 6.92 Å². The summed E-state index contributed by atoms with van der Waals surface area (Å²) in [6.07, 6.45) is 20.5. The first-order chi connectivity index (χ1) is 29.8. The Morgan fingerprint density at radius 1 is 0.383 bits per heavy atom. The van der Waals surface area contributed by atoms with Crippen LogP contribution >= 0.6 is 0 Å². The third-order valence-corrected chi connectivity index (χ3v) is 9.36. The quantitative estimate of drug-likeness (QED) is 0.0470. The van der Waals surface area contributed by atoms with Gasteiger partial charge in [-0.1, -0.05) is 84.0 Å². The van der Waals surface area contributed by atoms with E-state index < -0.39 is 0 Å². The zero-order valence-corrected chi connectivity index (χ0v) is 37.9. The summed E-state index contributed by atoms with van der Waals surface area (Å²) in [5.74, 6) is -0.133. The number of carbonyl (C=O) groups is 1. The number of hydrogen-bond donors (Lipinski definition) is 0. The SMILES string of the molecule is CCCCCCCCCCCCCCCC(=O)OCCOCCOCCOCCOCCOCCOCCOCCOCCOCCOCCOCCOC1CCCCO1. The van der Waals surface area contributed by atoms with Crippen LogP contribution in [0.4, 0.5) is 0 Å². The summed E-state index contributed by atoms with van der Waals surface area (Å²) < 4.78 is 76.9. The molecule has 1 unspecified atom stereocenters. The molecule has 0 aromatic rings. The van der Waals surface area contributed by atoms with E-state index in [-0.39, 0.29) is 18.9 Å². The van der Waals surface area contributed by atoms with Crippen LogP contribution in [0.2, 0.25) is 0 Å². The minimum absolute atomic E-state index is 0.0697. The fourth-order valence-electron chi connectivity index (χ4n) is 5.96. The molecule has 1 aliphatic heterocycles. The van der Waals surface area contributed by atoms with Gasteiger partial charge in [-0.15, -0.1) is 0 Å². The van der Waals surface area contributed by atoms with Gasteiger partial charge >= 0.3 is 5.97 Å². The number of ether oxygens (including phenoxy) is 14. The molecule has 0 bridgehead atoms. The van der Waals surface area contributed by atoms with Crippen molar-refractivity contribution < 1.29 is 71.1 Å². The van der Waals surface area contributed by atoms with Crippen LogP contribution in [0.3, 0.4) is 0 Å². The van der Waals surface area contributed by atoms with Crippen LogP contribution in [0, 0.1) is 0 Å². The molecule has 0 saturated carbocycles. The van der Waals surface area contributed by atoms with Crippen molar-refractivity contribution in [2.45, 2.75) is 122 Å². The van der Waals surface area contributed by atoms with Crippen molar-refractivity contribution in [3.63, 3.8) is 0 Å². The van der Waals surface area contributed by atoms with Crippen molar-refractivity contribution in [3.05, 3.63) is 0 Å². The van der Waals surface area contributed by atoms with E-state index in [0.717, 1.165) is 38.7 Å².